The van der Waals surface area contributed by atoms with E-state index < -0.39 is 6.09 Å². The molecule has 1 amide bonds. The quantitative estimate of drug-likeness (QED) is 0.810. The normalized spacial score (nSPS) is 16.7. The molecule has 0 bridgehead atoms. The molecular formula is C17H15N3O3. The number of benzene rings is 1. The number of ether oxygens (including phenoxy) is 2. The number of carbonyl (C=O) groups excluding carboxylic acids is 1. The van der Waals surface area contributed by atoms with Crippen LogP contribution in [0.15, 0.2) is 42.7 Å². The van der Waals surface area contributed by atoms with Crippen LogP contribution in [0.25, 0.3) is 0 Å². The van der Waals surface area contributed by atoms with Gasteiger partial charge in [0.15, 0.2) is 0 Å². The van der Waals surface area contributed by atoms with Crippen molar-refractivity contribution < 1.29 is 14.3 Å². The summed E-state index contributed by atoms with van der Waals surface area (Å²) in [6.45, 7) is 0.727. The average molecular weight is 309 g/mol. The number of hydrogen-bond donors (Lipinski definition) is 0. The molecule has 1 atom stereocenters. The van der Waals surface area contributed by atoms with Crippen molar-refractivity contribution in [2.75, 3.05) is 25.2 Å². The van der Waals surface area contributed by atoms with E-state index in [1.54, 1.807) is 19.5 Å². The first-order valence-electron chi connectivity index (χ1n) is 7.12. The molecule has 2 aromatic rings. The van der Waals surface area contributed by atoms with E-state index in [2.05, 4.69) is 21.8 Å². The van der Waals surface area contributed by atoms with Crippen molar-refractivity contribution in [3.8, 4) is 11.8 Å². The molecule has 2 heterocycles. The predicted octanol–water partition coefficient (Wildman–Crippen LogP) is 1.85. The van der Waals surface area contributed by atoms with Gasteiger partial charge in [-0.05, 0) is 12.1 Å². The molecule has 0 aliphatic carbocycles. The highest BCUT2D eigenvalue weighted by Crippen LogP contribution is 2.17. The molecule has 0 radical (unpaired) electrons. The molecule has 0 N–H and O–H groups in total. The number of methoxy groups -OCH3 is 1. The van der Waals surface area contributed by atoms with Gasteiger partial charge in [-0.25, -0.2) is 19.7 Å². The predicted molar refractivity (Wildman–Crippen MR) is 83.9 cm³/mol. The van der Waals surface area contributed by atoms with Gasteiger partial charge in [-0.3, -0.25) is 0 Å². The van der Waals surface area contributed by atoms with Crippen LogP contribution in [0.3, 0.4) is 0 Å². The number of amides is 1. The van der Waals surface area contributed by atoms with Crippen molar-refractivity contribution in [2.24, 2.45) is 0 Å². The maximum absolute atomic E-state index is 11.8. The second-order valence-corrected chi connectivity index (χ2v) is 4.96. The highest BCUT2D eigenvalue weighted by atomic mass is 16.6. The van der Waals surface area contributed by atoms with Crippen LogP contribution in [-0.2, 0) is 9.47 Å². The van der Waals surface area contributed by atoms with E-state index in [4.69, 9.17) is 9.47 Å². The zero-order chi connectivity index (χ0) is 16.1. The van der Waals surface area contributed by atoms with Crippen molar-refractivity contribution in [3.05, 3.63) is 53.9 Å². The summed E-state index contributed by atoms with van der Waals surface area (Å²) in [5.41, 5.74) is 1.60. The van der Waals surface area contributed by atoms with Crippen LogP contribution in [-0.4, -0.2) is 42.4 Å². The molecule has 6 heteroatoms. The Morgan fingerprint density at radius 3 is 2.61 bits per heavy atom. The number of hydrogen-bond acceptors (Lipinski definition) is 5. The lowest BCUT2D eigenvalue weighted by atomic mass is 10.2. The maximum atomic E-state index is 11.8. The number of carbonyl (C=O) groups is 1. The fraction of sp³-hybridized carbons (Fsp3) is 0.235. The smallest absolute Gasteiger partial charge is 0.417 e. The van der Waals surface area contributed by atoms with E-state index in [0.717, 1.165) is 5.56 Å². The Bertz CT molecular complexity index is 735. The summed E-state index contributed by atoms with van der Waals surface area (Å²) in [4.78, 5) is 21.6. The summed E-state index contributed by atoms with van der Waals surface area (Å²) in [5.74, 6) is 6.32. The number of anilines is 1. The lowest BCUT2D eigenvalue weighted by Crippen LogP contribution is -2.27. The van der Waals surface area contributed by atoms with Crippen molar-refractivity contribution >= 4 is 12.0 Å². The first kappa shape index (κ1) is 15.0. The highest BCUT2D eigenvalue weighted by Gasteiger charge is 2.33. The Kier molecular flexibility index (Phi) is 4.50. The summed E-state index contributed by atoms with van der Waals surface area (Å²) in [5, 5.41) is 0. The van der Waals surface area contributed by atoms with Crippen LogP contribution < -0.4 is 4.90 Å². The number of cyclic esters (lactones) is 1. The van der Waals surface area contributed by atoms with E-state index in [-0.39, 0.29) is 6.10 Å². The minimum absolute atomic E-state index is 0.298. The van der Waals surface area contributed by atoms with Gasteiger partial charge in [0.1, 0.15) is 6.10 Å². The van der Waals surface area contributed by atoms with E-state index in [9.17, 15) is 4.79 Å². The zero-order valence-corrected chi connectivity index (χ0v) is 12.6. The Hall–Kier alpha value is -2.91. The number of nitrogens with zero attached hydrogens (tertiary/aromatic N) is 3. The molecule has 23 heavy (non-hydrogen) atoms. The summed E-state index contributed by atoms with van der Waals surface area (Å²) in [6, 6.07) is 9.66. The second kappa shape index (κ2) is 6.90. The topological polar surface area (TPSA) is 64.5 Å². The third kappa shape index (κ3) is 3.65. The van der Waals surface area contributed by atoms with Gasteiger partial charge in [-0.15, -0.1) is 0 Å². The minimum atomic E-state index is -0.463. The van der Waals surface area contributed by atoms with Gasteiger partial charge < -0.3 is 9.47 Å². The van der Waals surface area contributed by atoms with Gasteiger partial charge in [0.2, 0.25) is 5.95 Å². The van der Waals surface area contributed by atoms with E-state index in [0.29, 0.717) is 24.7 Å². The molecule has 1 aromatic heterocycles. The molecule has 0 unspecified atom stereocenters. The molecule has 1 aromatic carbocycles. The van der Waals surface area contributed by atoms with Crippen molar-refractivity contribution in [3.63, 3.8) is 0 Å². The van der Waals surface area contributed by atoms with E-state index >= 15 is 0 Å². The number of aromatic nitrogens is 2. The van der Waals surface area contributed by atoms with E-state index in [1.807, 2.05) is 30.3 Å². The molecule has 1 aliphatic heterocycles. The Morgan fingerprint density at radius 2 is 1.91 bits per heavy atom. The fourth-order valence-corrected chi connectivity index (χ4v) is 2.15. The molecule has 0 saturated carbocycles. The highest BCUT2D eigenvalue weighted by molar-refractivity contribution is 5.87. The van der Waals surface area contributed by atoms with Crippen LogP contribution in [0.5, 0.6) is 0 Å². The molecule has 1 fully saturated rings. The third-order valence-corrected chi connectivity index (χ3v) is 3.23. The van der Waals surface area contributed by atoms with Gasteiger partial charge in [0.25, 0.3) is 0 Å². The molecular weight excluding hydrogens is 294 g/mol. The monoisotopic (exact) mass is 309 g/mol. The largest absolute Gasteiger partial charge is 0.441 e. The zero-order valence-electron chi connectivity index (χ0n) is 12.6. The average Bonchev–Trinajstić information content (AvgIpc) is 2.95. The molecule has 1 aliphatic rings. The molecule has 1 saturated heterocycles. The van der Waals surface area contributed by atoms with Gasteiger partial charge in [-0.1, -0.05) is 30.0 Å². The minimum Gasteiger partial charge on any atom is -0.441 e. The van der Waals surface area contributed by atoms with Crippen LogP contribution in [0, 0.1) is 11.8 Å². The number of rotatable bonds is 3. The first-order chi connectivity index (χ1) is 11.3. The van der Waals surface area contributed by atoms with Crippen molar-refractivity contribution in [1.82, 2.24) is 9.97 Å². The Balaban J connectivity index is 1.71. The third-order valence-electron chi connectivity index (χ3n) is 3.23. The maximum Gasteiger partial charge on any atom is 0.417 e. The summed E-state index contributed by atoms with van der Waals surface area (Å²) >= 11 is 0. The molecule has 116 valence electrons. The SMILES string of the molecule is COC[C@H]1CN(c2ncc(C#Cc3ccccc3)cn2)C(=O)O1. The van der Waals surface area contributed by atoms with Crippen molar-refractivity contribution in [2.45, 2.75) is 6.10 Å². The molecule has 0 spiro atoms. The summed E-state index contributed by atoms with van der Waals surface area (Å²) in [6.07, 6.45) is 2.42. The molecule has 3 rings (SSSR count). The van der Waals surface area contributed by atoms with Gasteiger partial charge in [-0.2, -0.15) is 0 Å². The van der Waals surface area contributed by atoms with E-state index in [1.165, 1.54) is 4.90 Å². The second-order valence-electron chi connectivity index (χ2n) is 4.96. The van der Waals surface area contributed by atoms with Gasteiger partial charge >= 0.3 is 6.09 Å². The van der Waals surface area contributed by atoms with Crippen LogP contribution in [0.1, 0.15) is 11.1 Å². The fourth-order valence-electron chi connectivity index (χ4n) is 2.15. The van der Waals surface area contributed by atoms with Gasteiger partial charge in [0, 0.05) is 25.1 Å². The Labute approximate surface area is 134 Å². The standard InChI is InChI=1S/C17H15N3O3/c1-22-12-15-11-20(17(21)23-15)16-18-9-14(10-19-16)8-7-13-5-3-2-4-6-13/h2-6,9-10,15H,11-12H2,1H3/t15-/m1/s1. The van der Waals surface area contributed by atoms with Crippen LogP contribution in [0.2, 0.25) is 0 Å². The molecule has 6 nitrogen and oxygen atoms in total. The van der Waals surface area contributed by atoms with Gasteiger partial charge in [0.05, 0.1) is 18.7 Å². The van der Waals surface area contributed by atoms with Crippen molar-refractivity contribution in [1.29, 1.82) is 0 Å². The lowest BCUT2D eigenvalue weighted by Gasteiger charge is -2.09. The summed E-state index contributed by atoms with van der Waals surface area (Å²) in [7, 11) is 1.56. The first-order valence-corrected chi connectivity index (χ1v) is 7.12. The van der Waals surface area contributed by atoms with Crippen LogP contribution in [0.4, 0.5) is 10.7 Å². The summed E-state index contributed by atoms with van der Waals surface area (Å²) < 4.78 is 10.1. The van der Waals surface area contributed by atoms with Crippen LogP contribution >= 0.6 is 0 Å². The lowest BCUT2D eigenvalue weighted by molar-refractivity contribution is 0.0718. The Morgan fingerprint density at radius 1 is 1.22 bits per heavy atom.